The van der Waals surface area contributed by atoms with Crippen molar-refractivity contribution in [1.29, 1.82) is 5.26 Å². The molecule has 0 radical (unpaired) electrons. The molecule has 3 aromatic rings. The van der Waals surface area contributed by atoms with E-state index in [0.717, 1.165) is 23.7 Å². The third-order valence-electron chi connectivity index (χ3n) is 7.95. The molecule has 1 aliphatic carbocycles. The number of carbonyl (C=O) groups is 3. The van der Waals surface area contributed by atoms with Gasteiger partial charge in [-0.1, -0.05) is 24.4 Å². The molecule has 2 fully saturated rings. The van der Waals surface area contributed by atoms with Crippen molar-refractivity contribution in [2.45, 2.75) is 43.2 Å². The summed E-state index contributed by atoms with van der Waals surface area (Å²) in [6.45, 7) is 0.0600. The van der Waals surface area contributed by atoms with Crippen molar-refractivity contribution in [2.24, 2.45) is 5.92 Å². The predicted octanol–water partition coefficient (Wildman–Crippen LogP) is 3.47. The third kappa shape index (κ3) is 3.83. The average molecular weight is 517 g/mol. The van der Waals surface area contributed by atoms with Crippen LogP contribution in [0.25, 0.3) is 10.9 Å². The Labute approximate surface area is 218 Å². The van der Waals surface area contributed by atoms with Crippen LogP contribution in [0, 0.1) is 17.2 Å². The molecule has 188 valence electrons. The minimum atomic E-state index is -1.05. The van der Waals surface area contributed by atoms with Gasteiger partial charge in [-0.3, -0.25) is 19.4 Å². The number of likely N-dealkylation sites (tertiary alicyclic amines) is 1. The number of nitrogens with one attached hydrogen (secondary N) is 2. The predicted molar refractivity (Wildman–Crippen MR) is 137 cm³/mol. The lowest BCUT2D eigenvalue weighted by molar-refractivity contribution is -0.136. The molecule has 6 rings (SSSR count). The summed E-state index contributed by atoms with van der Waals surface area (Å²) >= 11 is 6.24. The lowest BCUT2D eigenvalue weighted by Crippen LogP contribution is -2.51. The number of hydrogen-bond acceptors (Lipinski definition) is 5. The Morgan fingerprint density at radius 2 is 2.14 bits per heavy atom. The molecule has 2 aliphatic heterocycles. The summed E-state index contributed by atoms with van der Waals surface area (Å²) in [5, 5.41) is 14.2. The molecule has 1 spiro atoms. The van der Waals surface area contributed by atoms with E-state index in [-0.39, 0.29) is 30.7 Å². The molecule has 3 amide bonds. The normalized spacial score (nSPS) is 23.1. The average Bonchev–Trinajstić information content (AvgIpc) is 3.38. The molecule has 9 nitrogen and oxygen atoms in total. The van der Waals surface area contributed by atoms with Crippen LogP contribution >= 0.6 is 11.6 Å². The van der Waals surface area contributed by atoms with Crippen molar-refractivity contribution in [2.75, 3.05) is 18.9 Å². The molecule has 10 heteroatoms. The van der Waals surface area contributed by atoms with Crippen molar-refractivity contribution < 1.29 is 14.4 Å². The Morgan fingerprint density at radius 1 is 1.32 bits per heavy atom. The smallest absolute Gasteiger partial charge is 0.270 e. The second-order valence-electron chi connectivity index (χ2n) is 10.3. The zero-order valence-corrected chi connectivity index (χ0v) is 21.0. The van der Waals surface area contributed by atoms with Gasteiger partial charge in [0, 0.05) is 42.3 Å². The van der Waals surface area contributed by atoms with Crippen LogP contribution in [-0.2, 0) is 15.0 Å². The molecule has 2 aromatic heterocycles. The Hall–Kier alpha value is -3.90. The van der Waals surface area contributed by atoms with E-state index in [2.05, 4.69) is 21.4 Å². The first-order valence-corrected chi connectivity index (χ1v) is 12.7. The van der Waals surface area contributed by atoms with Gasteiger partial charge in [0.05, 0.1) is 23.2 Å². The summed E-state index contributed by atoms with van der Waals surface area (Å²) in [5.41, 5.74) is 1.41. The van der Waals surface area contributed by atoms with E-state index in [0.29, 0.717) is 34.3 Å². The van der Waals surface area contributed by atoms with Crippen molar-refractivity contribution in [3.8, 4) is 6.07 Å². The lowest BCUT2D eigenvalue weighted by Gasteiger charge is -2.32. The number of carbonyl (C=O) groups excluding carboxylic acids is 3. The molecule has 1 saturated heterocycles. The first-order valence-electron chi connectivity index (χ1n) is 12.3. The SMILES string of the molecule is CN(C(=O)c1cc2ccncc2[nH]1)[C@@H](CC1CC1)C(=O)N1C[C@]2(C[C@H]1C#N)C(=O)Nc1ccc(Cl)cc12. The largest absolute Gasteiger partial charge is 0.349 e. The van der Waals surface area contributed by atoms with E-state index in [1.807, 2.05) is 6.07 Å². The number of nitriles is 1. The highest BCUT2D eigenvalue weighted by molar-refractivity contribution is 6.31. The monoisotopic (exact) mass is 516 g/mol. The van der Waals surface area contributed by atoms with Crippen molar-refractivity contribution >= 4 is 45.9 Å². The number of aromatic amines is 1. The van der Waals surface area contributed by atoms with Crippen LogP contribution < -0.4 is 5.32 Å². The number of rotatable bonds is 5. The zero-order valence-electron chi connectivity index (χ0n) is 20.2. The molecule has 3 atom stereocenters. The number of halogens is 1. The van der Waals surface area contributed by atoms with Crippen molar-refractivity contribution in [1.82, 2.24) is 19.8 Å². The second kappa shape index (κ2) is 8.60. The van der Waals surface area contributed by atoms with Gasteiger partial charge in [0.25, 0.3) is 5.91 Å². The fraction of sp³-hybridized carbons (Fsp3) is 0.370. The van der Waals surface area contributed by atoms with Crippen LogP contribution in [0.4, 0.5) is 5.69 Å². The van der Waals surface area contributed by atoms with Gasteiger partial charge in [-0.15, -0.1) is 0 Å². The van der Waals surface area contributed by atoms with Gasteiger partial charge in [-0.2, -0.15) is 5.26 Å². The number of hydrogen-bond donors (Lipinski definition) is 2. The highest BCUT2D eigenvalue weighted by atomic mass is 35.5. The van der Waals surface area contributed by atoms with Gasteiger partial charge in [0.1, 0.15) is 17.8 Å². The van der Waals surface area contributed by atoms with Crippen LogP contribution in [0.15, 0.2) is 42.7 Å². The fourth-order valence-electron chi connectivity index (χ4n) is 5.70. The zero-order chi connectivity index (χ0) is 25.9. The number of pyridine rings is 1. The standard InChI is InChI=1S/C27H25ClN6O3/c1-33(24(35)21-9-16-6-7-30-13-22(16)31-21)23(8-15-2-3-15)25(36)34-14-27(11-18(34)12-29)19-10-17(28)4-5-20(19)32-26(27)37/h4-7,9-10,13,15,18,23,31H,2-3,8,11,14H2,1H3,(H,32,37)/t18-,23-,27-/m0/s1. The molecule has 0 bridgehead atoms. The van der Waals surface area contributed by atoms with Gasteiger partial charge in [0.2, 0.25) is 11.8 Å². The molecule has 4 heterocycles. The molecule has 1 aromatic carbocycles. The number of amides is 3. The summed E-state index contributed by atoms with van der Waals surface area (Å²) < 4.78 is 0. The third-order valence-corrected chi connectivity index (χ3v) is 8.19. The number of aromatic nitrogens is 2. The molecule has 0 unspecified atom stereocenters. The number of nitrogens with zero attached hydrogens (tertiary/aromatic N) is 4. The summed E-state index contributed by atoms with van der Waals surface area (Å²) in [6.07, 6.45) is 6.00. The Balaban J connectivity index is 1.31. The minimum absolute atomic E-state index is 0.0600. The van der Waals surface area contributed by atoms with E-state index in [9.17, 15) is 19.6 Å². The first kappa shape index (κ1) is 23.5. The first-order chi connectivity index (χ1) is 17.8. The summed E-state index contributed by atoms with van der Waals surface area (Å²) in [4.78, 5) is 50.9. The highest BCUT2D eigenvalue weighted by Gasteiger charge is 2.57. The van der Waals surface area contributed by atoms with Gasteiger partial charge < -0.3 is 20.1 Å². The molecular formula is C27H25ClN6O3. The van der Waals surface area contributed by atoms with Gasteiger partial charge in [0.15, 0.2) is 0 Å². The van der Waals surface area contributed by atoms with E-state index in [1.54, 1.807) is 43.7 Å². The van der Waals surface area contributed by atoms with Crippen LogP contribution in [0.2, 0.25) is 5.02 Å². The van der Waals surface area contributed by atoms with Gasteiger partial charge in [-0.05, 0) is 48.2 Å². The Morgan fingerprint density at radius 3 is 2.86 bits per heavy atom. The second-order valence-corrected chi connectivity index (χ2v) is 10.7. The molecule has 2 N–H and O–H groups in total. The van der Waals surface area contributed by atoms with Crippen LogP contribution in [-0.4, -0.2) is 63.2 Å². The topological polar surface area (TPSA) is 122 Å². The maximum absolute atomic E-state index is 14.1. The maximum Gasteiger partial charge on any atom is 0.270 e. The van der Waals surface area contributed by atoms with Crippen molar-refractivity contribution in [3.05, 3.63) is 59.0 Å². The lowest BCUT2D eigenvalue weighted by atomic mass is 9.80. The molecular weight excluding hydrogens is 492 g/mol. The Bertz CT molecular complexity index is 1460. The number of likely N-dealkylation sites (N-methyl/N-ethyl adjacent to an activating group) is 1. The number of H-pyrrole nitrogens is 1. The van der Waals surface area contributed by atoms with E-state index in [1.165, 1.54) is 9.80 Å². The van der Waals surface area contributed by atoms with E-state index >= 15 is 0 Å². The van der Waals surface area contributed by atoms with Crippen molar-refractivity contribution in [3.63, 3.8) is 0 Å². The molecule has 1 saturated carbocycles. The number of fused-ring (bicyclic) bond motifs is 3. The highest BCUT2D eigenvalue weighted by Crippen LogP contribution is 2.47. The van der Waals surface area contributed by atoms with Gasteiger partial charge in [-0.25, -0.2) is 0 Å². The maximum atomic E-state index is 14.1. The van der Waals surface area contributed by atoms with Crippen LogP contribution in [0.1, 0.15) is 41.7 Å². The summed E-state index contributed by atoms with van der Waals surface area (Å²) in [7, 11) is 1.63. The van der Waals surface area contributed by atoms with Gasteiger partial charge >= 0.3 is 0 Å². The number of anilines is 1. The minimum Gasteiger partial charge on any atom is -0.349 e. The molecule has 3 aliphatic rings. The summed E-state index contributed by atoms with van der Waals surface area (Å²) in [6, 6.07) is 9.42. The van der Waals surface area contributed by atoms with E-state index < -0.39 is 17.5 Å². The quantitative estimate of drug-likeness (QED) is 0.537. The van der Waals surface area contributed by atoms with Crippen LogP contribution in [0.5, 0.6) is 0 Å². The summed E-state index contributed by atoms with van der Waals surface area (Å²) in [5.74, 6) is -0.515. The van der Waals surface area contributed by atoms with Crippen LogP contribution in [0.3, 0.4) is 0 Å². The number of benzene rings is 1. The molecule has 37 heavy (non-hydrogen) atoms. The Kier molecular flexibility index (Phi) is 5.46. The fourth-order valence-corrected chi connectivity index (χ4v) is 5.87. The van der Waals surface area contributed by atoms with E-state index in [4.69, 9.17) is 11.6 Å².